The molecule has 1 aromatic carbocycles. The van der Waals surface area contributed by atoms with Crippen molar-refractivity contribution in [2.75, 3.05) is 6.61 Å². The maximum absolute atomic E-state index is 12.9. The van der Waals surface area contributed by atoms with E-state index in [-0.39, 0.29) is 12.2 Å². The molecule has 136 valence electrons. The lowest BCUT2D eigenvalue weighted by atomic mass is 10.2. The van der Waals surface area contributed by atoms with Gasteiger partial charge in [-0.05, 0) is 31.9 Å². The molecule has 0 radical (unpaired) electrons. The van der Waals surface area contributed by atoms with Crippen LogP contribution in [-0.2, 0) is 6.42 Å². The number of nitrogens with zero attached hydrogens (tertiary/aromatic N) is 4. The molecule has 0 spiro atoms. The smallest absolute Gasteiger partial charge is 0.281 e. The van der Waals surface area contributed by atoms with Crippen LogP contribution in [0.15, 0.2) is 54.0 Å². The maximum atomic E-state index is 12.9. The molecule has 2 heterocycles. The Labute approximate surface area is 153 Å². The Morgan fingerprint density at radius 2 is 1.73 bits per heavy atom. The fourth-order valence-corrected chi connectivity index (χ4v) is 2.43. The normalized spacial score (nSPS) is 10.2. The van der Waals surface area contributed by atoms with Crippen molar-refractivity contribution in [2.45, 2.75) is 33.6 Å². The van der Waals surface area contributed by atoms with Crippen LogP contribution in [0.1, 0.15) is 31.5 Å². The second-order valence-corrected chi connectivity index (χ2v) is 5.55. The predicted octanol–water partition coefficient (Wildman–Crippen LogP) is 2.95. The number of rotatable bonds is 5. The van der Waals surface area contributed by atoms with Crippen LogP contribution in [0.25, 0.3) is 16.9 Å². The van der Waals surface area contributed by atoms with Gasteiger partial charge in [0.1, 0.15) is 12.0 Å². The first-order valence-corrected chi connectivity index (χ1v) is 8.75. The average Bonchev–Trinajstić information content (AvgIpc) is 2.70. The van der Waals surface area contributed by atoms with Gasteiger partial charge in [0.05, 0.1) is 5.69 Å². The fraction of sp³-hybridized carbons (Fsp3) is 0.300. The van der Waals surface area contributed by atoms with E-state index in [0.29, 0.717) is 24.1 Å². The standard InChI is InChI=1S/C18H18N4O2.C2H6/c1-13-4-6-16(7-5-13)22-11-15(3-2-8-23)21-17(18(22)24)14-9-19-12-20-10-14;1-2/h4-7,9-12,23H,2-3,8H2,1H3;1-2H3. The summed E-state index contributed by atoms with van der Waals surface area (Å²) in [5.41, 5.74) is 3.31. The van der Waals surface area contributed by atoms with E-state index in [1.165, 1.54) is 6.33 Å². The Morgan fingerprint density at radius 3 is 2.35 bits per heavy atom. The highest BCUT2D eigenvalue weighted by atomic mass is 16.2. The lowest BCUT2D eigenvalue weighted by Crippen LogP contribution is -2.23. The molecular weight excluding hydrogens is 328 g/mol. The lowest BCUT2D eigenvalue weighted by molar-refractivity contribution is 0.288. The summed E-state index contributed by atoms with van der Waals surface area (Å²) >= 11 is 0. The van der Waals surface area contributed by atoms with Crippen molar-refractivity contribution in [1.82, 2.24) is 19.5 Å². The van der Waals surface area contributed by atoms with Crippen LogP contribution in [0.2, 0.25) is 0 Å². The van der Waals surface area contributed by atoms with E-state index in [2.05, 4.69) is 15.0 Å². The molecule has 3 aromatic rings. The summed E-state index contributed by atoms with van der Waals surface area (Å²) in [5, 5.41) is 9.07. The largest absolute Gasteiger partial charge is 0.396 e. The Bertz CT molecular complexity index is 875. The Morgan fingerprint density at radius 1 is 1.08 bits per heavy atom. The molecular formula is C20H24N4O2. The molecule has 6 heteroatoms. The fourth-order valence-electron chi connectivity index (χ4n) is 2.43. The van der Waals surface area contributed by atoms with Crippen molar-refractivity contribution in [2.24, 2.45) is 0 Å². The van der Waals surface area contributed by atoms with Gasteiger partial charge < -0.3 is 5.11 Å². The van der Waals surface area contributed by atoms with Gasteiger partial charge in [-0.25, -0.2) is 15.0 Å². The lowest BCUT2D eigenvalue weighted by Gasteiger charge is -2.11. The first-order chi connectivity index (χ1) is 12.7. The van der Waals surface area contributed by atoms with Gasteiger partial charge >= 0.3 is 0 Å². The minimum atomic E-state index is -0.221. The van der Waals surface area contributed by atoms with Gasteiger partial charge in [-0.3, -0.25) is 9.36 Å². The van der Waals surface area contributed by atoms with Gasteiger partial charge in [-0.15, -0.1) is 0 Å². The second kappa shape index (κ2) is 9.58. The minimum absolute atomic E-state index is 0.0785. The van der Waals surface area contributed by atoms with Crippen molar-refractivity contribution in [3.8, 4) is 16.9 Å². The number of hydrogen-bond acceptors (Lipinski definition) is 5. The number of aliphatic hydroxyl groups is 1. The molecule has 0 aliphatic heterocycles. The van der Waals surface area contributed by atoms with Gasteiger partial charge in [-0.1, -0.05) is 31.5 Å². The van der Waals surface area contributed by atoms with Crippen molar-refractivity contribution < 1.29 is 5.11 Å². The van der Waals surface area contributed by atoms with Crippen molar-refractivity contribution in [3.63, 3.8) is 0 Å². The summed E-state index contributed by atoms with van der Waals surface area (Å²) < 4.78 is 1.58. The number of benzene rings is 1. The third-order valence-corrected chi connectivity index (χ3v) is 3.69. The molecule has 0 fully saturated rings. The minimum Gasteiger partial charge on any atom is -0.396 e. The van der Waals surface area contributed by atoms with Crippen LogP contribution in [0, 0.1) is 6.92 Å². The third-order valence-electron chi connectivity index (χ3n) is 3.69. The number of aliphatic hydroxyl groups excluding tert-OH is 1. The summed E-state index contributed by atoms with van der Waals surface area (Å²) in [7, 11) is 0. The third kappa shape index (κ3) is 4.61. The highest BCUT2D eigenvalue weighted by molar-refractivity contribution is 5.56. The van der Waals surface area contributed by atoms with Gasteiger partial charge in [0.2, 0.25) is 0 Å². The van der Waals surface area contributed by atoms with Crippen molar-refractivity contribution in [3.05, 3.63) is 70.8 Å². The molecule has 6 nitrogen and oxygen atoms in total. The van der Waals surface area contributed by atoms with Gasteiger partial charge in [0.15, 0.2) is 0 Å². The topological polar surface area (TPSA) is 80.9 Å². The Hall–Kier alpha value is -2.86. The quantitative estimate of drug-likeness (QED) is 0.763. The second-order valence-electron chi connectivity index (χ2n) is 5.55. The Balaban J connectivity index is 0.00000117. The molecule has 0 atom stereocenters. The Kier molecular flexibility index (Phi) is 7.17. The van der Waals surface area contributed by atoms with Crippen molar-refractivity contribution >= 4 is 0 Å². The van der Waals surface area contributed by atoms with Crippen LogP contribution < -0.4 is 5.56 Å². The van der Waals surface area contributed by atoms with Crippen molar-refractivity contribution in [1.29, 1.82) is 0 Å². The van der Waals surface area contributed by atoms with Gasteiger partial charge in [-0.2, -0.15) is 0 Å². The summed E-state index contributed by atoms with van der Waals surface area (Å²) in [4.78, 5) is 25.3. The highest BCUT2D eigenvalue weighted by Crippen LogP contribution is 2.14. The first-order valence-electron chi connectivity index (χ1n) is 8.75. The highest BCUT2D eigenvalue weighted by Gasteiger charge is 2.12. The van der Waals surface area contributed by atoms with Crippen LogP contribution in [0.3, 0.4) is 0 Å². The summed E-state index contributed by atoms with van der Waals surface area (Å²) in [5.74, 6) is 0. The molecule has 0 aliphatic carbocycles. The van der Waals surface area contributed by atoms with Crippen LogP contribution in [0.5, 0.6) is 0 Å². The number of aryl methyl sites for hydroxylation is 2. The molecule has 0 unspecified atom stereocenters. The molecule has 0 aliphatic rings. The molecule has 1 N–H and O–H groups in total. The molecule has 2 aromatic heterocycles. The maximum Gasteiger partial charge on any atom is 0.281 e. The van der Waals surface area contributed by atoms with Crippen LogP contribution >= 0.6 is 0 Å². The van der Waals surface area contributed by atoms with E-state index in [1.54, 1.807) is 23.2 Å². The predicted molar refractivity (Wildman–Crippen MR) is 102 cm³/mol. The molecule has 26 heavy (non-hydrogen) atoms. The van der Waals surface area contributed by atoms with Crippen LogP contribution in [-0.4, -0.2) is 31.2 Å². The molecule has 0 amide bonds. The van der Waals surface area contributed by atoms with E-state index in [1.807, 2.05) is 45.0 Å². The molecule has 3 rings (SSSR count). The zero-order chi connectivity index (χ0) is 18.9. The SMILES string of the molecule is CC.Cc1ccc(-n2cc(CCCO)nc(-c3cncnc3)c2=O)cc1. The van der Waals surface area contributed by atoms with E-state index in [0.717, 1.165) is 16.9 Å². The van der Waals surface area contributed by atoms with E-state index in [4.69, 9.17) is 5.11 Å². The summed E-state index contributed by atoms with van der Waals surface area (Å²) in [6, 6.07) is 7.72. The molecule has 0 saturated carbocycles. The van der Waals surface area contributed by atoms with E-state index in [9.17, 15) is 4.79 Å². The van der Waals surface area contributed by atoms with Gasteiger partial charge in [0.25, 0.3) is 5.56 Å². The van der Waals surface area contributed by atoms with E-state index < -0.39 is 0 Å². The summed E-state index contributed by atoms with van der Waals surface area (Å²) in [6.07, 6.45) is 7.47. The number of aromatic nitrogens is 4. The monoisotopic (exact) mass is 352 g/mol. The first kappa shape index (κ1) is 19.5. The van der Waals surface area contributed by atoms with E-state index >= 15 is 0 Å². The zero-order valence-corrected chi connectivity index (χ0v) is 15.4. The average molecular weight is 352 g/mol. The summed E-state index contributed by atoms with van der Waals surface area (Å²) in [6.45, 7) is 6.08. The number of hydrogen-bond donors (Lipinski definition) is 1. The molecule has 0 bridgehead atoms. The van der Waals surface area contributed by atoms with Crippen LogP contribution in [0.4, 0.5) is 0 Å². The van der Waals surface area contributed by atoms with Gasteiger partial charge in [0, 0.05) is 36.4 Å². The molecule has 0 saturated heterocycles. The zero-order valence-electron chi connectivity index (χ0n) is 15.4.